The lowest BCUT2D eigenvalue weighted by molar-refractivity contribution is -0.128. The van der Waals surface area contributed by atoms with Crippen LogP contribution in [0.1, 0.15) is 33.6 Å². The van der Waals surface area contributed by atoms with Gasteiger partial charge in [0.25, 0.3) is 0 Å². The van der Waals surface area contributed by atoms with Crippen LogP contribution in [0.2, 0.25) is 0 Å². The summed E-state index contributed by atoms with van der Waals surface area (Å²) in [6.45, 7) is 9.33. The van der Waals surface area contributed by atoms with Crippen LogP contribution < -0.4 is 10.6 Å². The molecule has 1 saturated heterocycles. The molecule has 6 nitrogen and oxygen atoms in total. The van der Waals surface area contributed by atoms with Crippen LogP contribution in [-0.4, -0.2) is 62.2 Å². The summed E-state index contributed by atoms with van der Waals surface area (Å²) in [5.41, 5.74) is -0.269. The van der Waals surface area contributed by atoms with Gasteiger partial charge < -0.3 is 20.3 Å². The molecule has 0 aromatic carbocycles. The minimum atomic E-state index is -0.269. The van der Waals surface area contributed by atoms with Crippen LogP contribution in [0.4, 0.5) is 0 Å². The van der Waals surface area contributed by atoms with Crippen molar-refractivity contribution in [2.24, 2.45) is 4.99 Å². The predicted octanol–water partition coefficient (Wildman–Crippen LogP) is 1.21. The van der Waals surface area contributed by atoms with Crippen LogP contribution in [0.25, 0.3) is 0 Å². The van der Waals surface area contributed by atoms with E-state index in [9.17, 15) is 4.79 Å². The van der Waals surface area contributed by atoms with Gasteiger partial charge in [0.05, 0.1) is 5.60 Å². The summed E-state index contributed by atoms with van der Waals surface area (Å²) in [4.78, 5) is 18.2. The number of methoxy groups -OCH3 is 1. The third-order valence-corrected chi connectivity index (χ3v) is 3.41. The molecule has 124 valence electrons. The maximum absolute atomic E-state index is 11.9. The van der Waals surface area contributed by atoms with Crippen molar-refractivity contribution in [2.75, 3.05) is 39.8 Å². The number of nitrogens with zero attached hydrogens (tertiary/aromatic N) is 2. The lowest BCUT2D eigenvalue weighted by Gasteiger charge is -2.24. The zero-order valence-electron chi connectivity index (χ0n) is 13.6. The zero-order chi connectivity index (χ0) is 15.0. The van der Waals surface area contributed by atoms with Gasteiger partial charge in [0.2, 0.25) is 5.91 Å². The molecule has 0 bridgehead atoms. The molecule has 1 aliphatic rings. The van der Waals surface area contributed by atoms with Gasteiger partial charge in [-0.2, -0.15) is 0 Å². The van der Waals surface area contributed by atoms with E-state index in [1.807, 2.05) is 25.7 Å². The van der Waals surface area contributed by atoms with E-state index >= 15 is 0 Å². The van der Waals surface area contributed by atoms with Crippen molar-refractivity contribution in [1.82, 2.24) is 15.5 Å². The Hall–Kier alpha value is -0.570. The Kier molecular flexibility index (Phi) is 9.93. The van der Waals surface area contributed by atoms with Crippen molar-refractivity contribution >= 4 is 35.8 Å². The van der Waals surface area contributed by atoms with Crippen molar-refractivity contribution < 1.29 is 9.53 Å². The topological polar surface area (TPSA) is 66.0 Å². The molecule has 1 fully saturated rings. The molecule has 0 spiro atoms. The van der Waals surface area contributed by atoms with Gasteiger partial charge in [0.1, 0.15) is 6.54 Å². The predicted molar refractivity (Wildman–Crippen MR) is 96.3 cm³/mol. The van der Waals surface area contributed by atoms with Crippen molar-refractivity contribution in [3.05, 3.63) is 0 Å². The van der Waals surface area contributed by atoms with Gasteiger partial charge in [-0.25, -0.2) is 4.99 Å². The summed E-state index contributed by atoms with van der Waals surface area (Å²) in [6, 6.07) is 0. The highest BCUT2D eigenvalue weighted by atomic mass is 127. The summed E-state index contributed by atoms with van der Waals surface area (Å²) in [6.07, 6.45) is 2.21. The lowest BCUT2D eigenvalue weighted by atomic mass is 10.1. The first kappa shape index (κ1) is 20.4. The highest BCUT2D eigenvalue weighted by molar-refractivity contribution is 14.0. The van der Waals surface area contributed by atoms with Crippen LogP contribution in [-0.2, 0) is 9.53 Å². The summed E-state index contributed by atoms with van der Waals surface area (Å²) < 4.78 is 5.35. The van der Waals surface area contributed by atoms with E-state index in [1.165, 1.54) is 0 Å². The van der Waals surface area contributed by atoms with Gasteiger partial charge in [-0.3, -0.25) is 4.79 Å². The number of carbonyl (C=O) groups excluding carboxylic acids is 1. The molecule has 0 aromatic rings. The number of rotatable bonds is 6. The van der Waals surface area contributed by atoms with Gasteiger partial charge in [-0.1, -0.05) is 0 Å². The van der Waals surface area contributed by atoms with Gasteiger partial charge >= 0.3 is 0 Å². The standard InChI is InChI=1S/C14H28N4O2.HI/c1-5-15-13(17-11-14(2,3)20-4)16-10-12(19)18-8-6-7-9-18;/h5-11H2,1-4H3,(H2,15,16,17);1H. The normalized spacial score (nSPS) is 15.6. The molecule has 21 heavy (non-hydrogen) atoms. The van der Waals surface area contributed by atoms with Crippen LogP contribution in [0.3, 0.4) is 0 Å². The summed E-state index contributed by atoms with van der Waals surface area (Å²) in [5.74, 6) is 0.760. The highest BCUT2D eigenvalue weighted by Gasteiger charge is 2.18. The maximum Gasteiger partial charge on any atom is 0.244 e. The molecule has 1 aliphatic heterocycles. The van der Waals surface area contributed by atoms with E-state index in [4.69, 9.17) is 4.74 Å². The Bertz CT molecular complexity index is 342. The largest absolute Gasteiger partial charge is 0.377 e. The first-order chi connectivity index (χ1) is 9.48. The van der Waals surface area contributed by atoms with Crippen LogP contribution in [0.15, 0.2) is 4.99 Å². The average Bonchev–Trinajstić information content (AvgIpc) is 2.96. The number of ether oxygens (including phenoxy) is 1. The lowest BCUT2D eigenvalue weighted by Crippen LogP contribution is -2.45. The van der Waals surface area contributed by atoms with E-state index in [-0.39, 0.29) is 42.0 Å². The second kappa shape index (κ2) is 10.2. The molecule has 0 radical (unpaired) electrons. The van der Waals surface area contributed by atoms with Crippen LogP contribution in [0, 0.1) is 0 Å². The Balaban J connectivity index is 0.00000400. The molecule has 1 heterocycles. The molecular formula is C14H29IN4O2. The number of carbonyl (C=O) groups is 1. The van der Waals surface area contributed by atoms with E-state index in [0.717, 1.165) is 32.5 Å². The maximum atomic E-state index is 11.9. The third-order valence-electron chi connectivity index (χ3n) is 3.41. The number of hydrogen-bond acceptors (Lipinski definition) is 3. The molecule has 0 aliphatic carbocycles. The van der Waals surface area contributed by atoms with Gasteiger partial charge in [0, 0.05) is 33.3 Å². The summed E-state index contributed by atoms with van der Waals surface area (Å²) >= 11 is 0. The number of amides is 1. The van der Waals surface area contributed by atoms with Crippen molar-refractivity contribution in [1.29, 1.82) is 0 Å². The number of halogens is 1. The molecule has 0 saturated carbocycles. The number of guanidine groups is 1. The Morgan fingerprint density at radius 2 is 1.90 bits per heavy atom. The van der Waals surface area contributed by atoms with Crippen LogP contribution in [0.5, 0.6) is 0 Å². The first-order valence-electron chi connectivity index (χ1n) is 7.33. The number of aliphatic imine (C=N–C) groups is 1. The quantitative estimate of drug-likeness (QED) is 0.391. The Morgan fingerprint density at radius 3 is 2.43 bits per heavy atom. The van der Waals surface area contributed by atoms with Crippen molar-refractivity contribution in [2.45, 2.75) is 39.2 Å². The Morgan fingerprint density at radius 1 is 1.29 bits per heavy atom. The minimum absolute atomic E-state index is 0. The fourth-order valence-electron chi connectivity index (χ4n) is 1.92. The number of nitrogens with one attached hydrogen (secondary N) is 2. The number of hydrogen-bond donors (Lipinski definition) is 2. The minimum Gasteiger partial charge on any atom is -0.377 e. The molecule has 1 rings (SSSR count). The van der Waals surface area contributed by atoms with E-state index in [1.54, 1.807) is 7.11 Å². The first-order valence-corrected chi connectivity index (χ1v) is 7.33. The molecule has 7 heteroatoms. The fourth-order valence-corrected chi connectivity index (χ4v) is 1.92. The second-order valence-electron chi connectivity index (χ2n) is 5.60. The van der Waals surface area contributed by atoms with E-state index in [0.29, 0.717) is 12.5 Å². The zero-order valence-corrected chi connectivity index (χ0v) is 15.9. The molecule has 2 N–H and O–H groups in total. The number of likely N-dealkylation sites (tertiary alicyclic amines) is 1. The smallest absolute Gasteiger partial charge is 0.244 e. The van der Waals surface area contributed by atoms with Crippen molar-refractivity contribution in [3.63, 3.8) is 0 Å². The molecule has 0 atom stereocenters. The average molecular weight is 412 g/mol. The molecule has 1 amide bonds. The third kappa shape index (κ3) is 7.85. The van der Waals surface area contributed by atoms with E-state index in [2.05, 4.69) is 15.6 Å². The molecule has 0 unspecified atom stereocenters. The van der Waals surface area contributed by atoms with Gasteiger partial charge in [-0.05, 0) is 33.6 Å². The Labute approximate surface area is 145 Å². The second-order valence-corrected chi connectivity index (χ2v) is 5.60. The SMILES string of the molecule is CCNC(=NCC(=O)N1CCCC1)NCC(C)(C)OC.I. The molecular weight excluding hydrogens is 383 g/mol. The summed E-state index contributed by atoms with van der Waals surface area (Å²) in [7, 11) is 1.68. The fraction of sp³-hybridized carbons (Fsp3) is 0.857. The monoisotopic (exact) mass is 412 g/mol. The summed E-state index contributed by atoms with van der Waals surface area (Å²) in [5, 5.41) is 6.34. The van der Waals surface area contributed by atoms with Crippen LogP contribution >= 0.6 is 24.0 Å². The highest BCUT2D eigenvalue weighted by Crippen LogP contribution is 2.07. The van der Waals surface area contributed by atoms with E-state index < -0.39 is 0 Å². The van der Waals surface area contributed by atoms with Crippen molar-refractivity contribution in [3.8, 4) is 0 Å². The van der Waals surface area contributed by atoms with Gasteiger partial charge in [-0.15, -0.1) is 24.0 Å². The van der Waals surface area contributed by atoms with Gasteiger partial charge in [0.15, 0.2) is 5.96 Å². The molecule has 0 aromatic heterocycles.